The Morgan fingerprint density at radius 2 is 2.12 bits per heavy atom. The molecule has 0 fully saturated rings. The van der Waals surface area contributed by atoms with Crippen LogP contribution in [0.15, 0.2) is 12.2 Å². The van der Waals surface area contributed by atoms with E-state index < -0.39 is 10.1 Å². The Bertz CT molecular complexity index is 166. The van der Waals surface area contributed by atoms with Gasteiger partial charge in [-0.2, -0.15) is 8.42 Å². The normalized spacial score (nSPS) is 12.8. The maximum absolute atomic E-state index is 9.89. The van der Waals surface area contributed by atoms with Gasteiger partial charge in [0.05, 0.1) is 5.75 Å². The summed E-state index contributed by atoms with van der Waals surface area (Å²) in [4.78, 5) is 0. The van der Waals surface area contributed by atoms with Gasteiger partial charge in [-0.25, -0.2) is 0 Å². The van der Waals surface area contributed by atoms with Crippen LogP contribution >= 0.6 is 0 Å². The first kappa shape index (κ1) is 7.65. The molecule has 0 spiro atoms. The average Bonchev–Trinajstić information content (AvgIpc) is 1.59. The highest BCUT2D eigenvalue weighted by Crippen LogP contribution is 1.81. The highest BCUT2D eigenvalue weighted by molar-refractivity contribution is 7.85. The average molecular weight is 136 g/mol. The standard InChI is InChI=1S/C4H8O3S/c1-2-3-4-8(5,6)7/h2-3H,4H2,1H3,(H,5,6,7). The van der Waals surface area contributed by atoms with Crippen molar-refractivity contribution in [2.24, 2.45) is 0 Å². The Labute approximate surface area is 48.8 Å². The predicted molar refractivity (Wildman–Crippen MR) is 31.2 cm³/mol. The summed E-state index contributed by atoms with van der Waals surface area (Å²) in [7, 11) is -3.77. The Kier molecular flexibility index (Phi) is 2.71. The van der Waals surface area contributed by atoms with E-state index in [0.717, 1.165) is 0 Å². The minimum atomic E-state index is -3.77. The van der Waals surface area contributed by atoms with Crippen LogP contribution in [0.1, 0.15) is 6.92 Å². The minimum absolute atomic E-state index is 0.288. The molecule has 48 valence electrons. The van der Waals surface area contributed by atoms with Crippen LogP contribution < -0.4 is 0 Å². The lowest BCUT2D eigenvalue weighted by Crippen LogP contribution is -1.99. The zero-order chi connectivity index (χ0) is 6.62. The van der Waals surface area contributed by atoms with Crippen molar-refractivity contribution in [2.45, 2.75) is 6.92 Å². The second-order valence-corrected chi connectivity index (χ2v) is 2.81. The smallest absolute Gasteiger partial charge is 0.268 e. The Hall–Kier alpha value is -0.350. The summed E-state index contributed by atoms with van der Waals surface area (Å²) >= 11 is 0. The molecule has 0 saturated heterocycles. The van der Waals surface area contributed by atoms with Crippen LogP contribution in [0.3, 0.4) is 0 Å². The molecule has 0 aliphatic carbocycles. The van der Waals surface area contributed by atoms with Crippen molar-refractivity contribution in [1.29, 1.82) is 0 Å². The maximum atomic E-state index is 9.89. The van der Waals surface area contributed by atoms with Crippen molar-refractivity contribution in [1.82, 2.24) is 0 Å². The van der Waals surface area contributed by atoms with Gasteiger partial charge in [-0.1, -0.05) is 12.2 Å². The van der Waals surface area contributed by atoms with Crippen molar-refractivity contribution in [2.75, 3.05) is 5.75 Å². The van der Waals surface area contributed by atoms with Crippen molar-refractivity contribution in [3.8, 4) is 0 Å². The molecule has 0 bridgehead atoms. The van der Waals surface area contributed by atoms with Crippen molar-refractivity contribution in [3.05, 3.63) is 12.2 Å². The van der Waals surface area contributed by atoms with Gasteiger partial charge in [0.25, 0.3) is 10.1 Å². The molecular formula is C4H8O3S. The van der Waals surface area contributed by atoms with E-state index in [2.05, 4.69) is 0 Å². The zero-order valence-corrected chi connectivity index (χ0v) is 5.35. The highest BCUT2D eigenvalue weighted by atomic mass is 32.2. The van der Waals surface area contributed by atoms with E-state index in [1.807, 2.05) is 0 Å². The molecule has 0 unspecified atom stereocenters. The number of allylic oxidation sites excluding steroid dienone is 1. The van der Waals surface area contributed by atoms with Gasteiger partial charge in [0.1, 0.15) is 0 Å². The van der Waals surface area contributed by atoms with Crippen molar-refractivity contribution < 1.29 is 13.0 Å². The monoisotopic (exact) mass is 136 g/mol. The molecule has 1 N–H and O–H groups in total. The van der Waals surface area contributed by atoms with E-state index in [4.69, 9.17) is 4.55 Å². The molecule has 0 rings (SSSR count). The molecule has 0 aliphatic heterocycles. The first-order chi connectivity index (χ1) is 3.56. The molecule has 0 saturated carbocycles. The molecule has 0 heterocycles. The van der Waals surface area contributed by atoms with E-state index >= 15 is 0 Å². The summed E-state index contributed by atoms with van der Waals surface area (Å²) in [6.45, 7) is 1.69. The first-order valence-corrected chi connectivity index (χ1v) is 3.73. The van der Waals surface area contributed by atoms with Crippen LogP contribution in [0, 0.1) is 0 Å². The Morgan fingerprint density at radius 3 is 2.25 bits per heavy atom. The molecule has 4 heteroatoms. The van der Waals surface area contributed by atoms with E-state index in [-0.39, 0.29) is 5.75 Å². The highest BCUT2D eigenvalue weighted by Gasteiger charge is 1.96. The lowest BCUT2D eigenvalue weighted by Gasteiger charge is -1.83. The summed E-state index contributed by atoms with van der Waals surface area (Å²) in [6.07, 6.45) is 2.93. The van der Waals surface area contributed by atoms with Gasteiger partial charge in [0, 0.05) is 0 Å². The first-order valence-electron chi connectivity index (χ1n) is 2.12. The Balaban J connectivity index is 3.76. The number of hydrogen-bond acceptors (Lipinski definition) is 2. The van der Waals surface area contributed by atoms with Gasteiger partial charge in [0.2, 0.25) is 0 Å². The third-order valence-corrected chi connectivity index (χ3v) is 1.16. The van der Waals surface area contributed by atoms with Crippen LogP contribution in [-0.2, 0) is 10.1 Å². The van der Waals surface area contributed by atoms with Gasteiger partial charge in [-0.05, 0) is 6.92 Å². The molecular weight excluding hydrogens is 128 g/mol. The van der Waals surface area contributed by atoms with Crippen LogP contribution in [0.25, 0.3) is 0 Å². The molecule has 0 aromatic rings. The second kappa shape index (κ2) is 2.84. The van der Waals surface area contributed by atoms with Gasteiger partial charge in [-0.3, -0.25) is 4.55 Å². The van der Waals surface area contributed by atoms with Gasteiger partial charge in [0.15, 0.2) is 0 Å². The molecule has 0 aromatic heterocycles. The lowest BCUT2D eigenvalue weighted by molar-refractivity contribution is 0.486. The van der Waals surface area contributed by atoms with Crippen LogP contribution in [0.5, 0.6) is 0 Å². The molecule has 0 atom stereocenters. The van der Waals surface area contributed by atoms with E-state index in [1.165, 1.54) is 6.08 Å². The largest absolute Gasteiger partial charge is 0.285 e. The fourth-order valence-corrected chi connectivity index (χ4v) is 0.653. The molecule has 0 amide bonds. The SMILES string of the molecule is CC=CCS(=O)(=O)O. The van der Waals surface area contributed by atoms with Gasteiger partial charge >= 0.3 is 0 Å². The van der Waals surface area contributed by atoms with Crippen LogP contribution in [-0.4, -0.2) is 18.7 Å². The van der Waals surface area contributed by atoms with Crippen LogP contribution in [0.2, 0.25) is 0 Å². The van der Waals surface area contributed by atoms with E-state index in [1.54, 1.807) is 13.0 Å². The van der Waals surface area contributed by atoms with Crippen molar-refractivity contribution >= 4 is 10.1 Å². The molecule has 3 nitrogen and oxygen atoms in total. The van der Waals surface area contributed by atoms with E-state index in [0.29, 0.717) is 0 Å². The molecule has 0 aromatic carbocycles. The second-order valence-electron chi connectivity index (χ2n) is 1.32. The van der Waals surface area contributed by atoms with Crippen LogP contribution in [0.4, 0.5) is 0 Å². The van der Waals surface area contributed by atoms with E-state index in [9.17, 15) is 8.42 Å². The topological polar surface area (TPSA) is 54.4 Å². The zero-order valence-electron chi connectivity index (χ0n) is 4.53. The molecule has 0 aliphatic rings. The summed E-state index contributed by atoms with van der Waals surface area (Å²) in [5.74, 6) is -0.288. The number of hydrogen-bond donors (Lipinski definition) is 1. The summed E-state index contributed by atoms with van der Waals surface area (Å²) < 4.78 is 27.9. The molecule has 8 heavy (non-hydrogen) atoms. The van der Waals surface area contributed by atoms with Crippen molar-refractivity contribution in [3.63, 3.8) is 0 Å². The molecule has 0 radical (unpaired) electrons. The van der Waals surface area contributed by atoms with Gasteiger partial charge in [-0.15, -0.1) is 0 Å². The summed E-state index contributed by atoms with van der Waals surface area (Å²) in [5.41, 5.74) is 0. The van der Waals surface area contributed by atoms with Gasteiger partial charge < -0.3 is 0 Å². The maximum Gasteiger partial charge on any atom is 0.268 e. The quantitative estimate of drug-likeness (QED) is 0.443. The predicted octanol–water partition coefficient (Wildman–Crippen LogP) is 0.450. The Morgan fingerprint density at radius 1 is 1.62 bits per heavy atom. The lowest BCUT2D eigenvalue weighted by atomic mass is 10.6. The summed E-state index contributed by atoms with van der Waals surface area (Å²) in [6, 6.07) is 0. The minimum Gasteiger partial charge on any atom is -0.285 e. The summed E-state index contributed by atoms with van der Waals surface area (Å²) in [5, 5.41) is 0. The number of rotatable bonds is 2. The fraction of sp³-hybridized carbons (Fsp3) is 0.500. The fourth-order valence-electron chi connectivity index (χ4n) is 0.218. The third-order valence-electron chi connectivity index (χ3n) is 0.543. The third kappa shape index (κ3) is 5.65.